The van der Waals surface area contributed by atoms with Gasteiger partial charge in [-0.3, -0.25) is 0 Å². The van der Waals surface area contributed by atoms with Crippen LogP contribution in [0.1, 0.15) is 26.6 Å². The van der Waals surface area contributed by atoms with Gasteiger partial charge in [-0.25, -0.2) is 4.98 Å². The lowest BCUT2D eigenvalue weighted by molar-refractivity contribution is -0.136. The van der Waals surface area contributed by atoms with Crippen molar-refractivity contribution in [3.05, 3.63) is 11.9 Å². The lowest BCUT2D eigenvalue weighted by atomic mass is 10.3. The Kier molecular flexibility index (Phi) is 4.21. The summed E-state index contributed by atoms with van der Waals surface area (Å²) in [7, 11) is 0. The Labute approximate surface area is 113 Å². The Morgan fingerprint density at radius 1 is 1.47 bits per heavy atom. The molecule has 1 aromatic heterocycles. The fourth-order valence-electron chi connectivity index (χ4n) is 1.93. The van der Waals surface area contributed by atoms with Crippen LogP contribution >= 0.6 is 0 Å². The second-order valence-electron chi connectivity index (χ2n) is 4.90. The zero-order valence-corrected chi connectivity index (χ0v) is 11.9. The summed E-state index contributed by atoms with van der Waals surface area (Å²) < 4.78 is 16.6. The first-order valence-electron chi connectivity index (χ1n) is 6.52. The Bertz CT molecular complexity index is 437. The minimum atomic E-state index is -0.496. The van der Waals surface area contributed by atoms with Crippen LogP contribution < -0.4 is 10.1 Å². The van der Waals surface area contributed by atoms with E-state index in [0.29, 0.717) is 31.5 Å². The Morgan fingerprint density at radius 3 is 2.89 bits per heavy atom. The van der Waals surface area contributed by atoms with Gasteiger partial charge in [0, 0.05) is 12.6 Å². The molecule has 2 rings (SSSR count). The van der Waals surface area contributed by atoms with Crippen LogP contribution in [-0.4, -0.2) is 41.6 Å². The van der Waals surface area contributed by atoms with Crippen LogP contribution in [0.3, 0.4) is 0 Å². The normalized spacial score (nSPS) is 21.4. The summed E-state index contributed by atoms with van der Waals surface area (Å²) in [4.78, 5) is 8.51. The highest BCUT2D eigenvalue weighted by atomic mass is 16.7. The monoisotopic (exact) mass is 267 g/mol. The molecule has 0 aliphatic carbocycles. The van der Waals surface area contributed by atoms with Gasteiger partial charge in [-0.15, -0.1) is 0 Å². The maximum atomic E-state index is 5.72. The van der Waals surface area contributed by atoms with E-state index in [1.54, 1.807) is 6.07 Å². The van der Waals surface area contributed by atoms with Crippen LogP contribution in [0, 0.1) is 6.92 Å². The number of anilines is 1. The lowest BCUT2D eigenvalue weighted by Crippen LogP contribution is -2.26. The van der Waals surface area contributed by atoms with Crippen molar-refractivity contribution in [1.29, 1.82) is 0 Å². The summed E-state index contributed by atoms with van der Waals surface area (Å²) in [6.45, 7) is 9.41. The molecule has 0 radical (unpaired) electrons. The molecule has 1 aliphatic rings. The standard InChI is InChI=1S/C13H21N3O3/c1-5-17-12-6-11(15-9(2)16-12)14-7-10-8-18-13(3,4)19-10/h6,10H,5,7-8H2,1-4H3,(H,14,15,16). The molecule has 1 aliphatic heterocycles. The minimum Gasteiger partial charge on any atom is -0.478 e. The number of ether oxygens (including phenoxy) is 3. The molecule has 19 heavy (non-hydrogen) atoms. The van der Waals surface area contributed by atoms with E-state index in [1.165, 1.54) is 0 Å². The van der Waals surface area contributed by atoms with Gasteiger partial charge in [0.1, 0.15) is 17.7 Å². The second kappa shape index (κ2) is 5.71. The molecule has 2 heterocycles. The summed E-state index contributed by atoms with van der Waals surface area (Å²) in [5.41, 5.74) is 0. The fourth-order valence-corrected chi connectivity index (χ4v) is 1.93. The van der Waals surface area contributed by atoms with Crippen molar-refractivity contribution >= 4 is 5.82 Å². The topological polar surface area (TPSA) is 65.5 Å². The summed E-state index contributed by atoms with van der Waals surface area (Å²) in [6, 6.07) is 1.79. The summed E-state index contributed by atoms with van der Waals surface area (Å²) in [5.74, 6) is 1.51. The van der Waals surface area contributed by atoms with Crippen LogP contribution in [-0.2, 0) is 9.47 Å². The van der Waals surface area contributed by atoms with E-state index in [1.807, 2.05) is 27.7 Å². The number of rotatable bonds is 5. The van der Waals surface area contributed by atoms with E-state index in [9.17, 15) is 0 Å². The van der Waals surface area contributed by atoms with E-state index in [0.717, 1.165) is 5.82 Å². The molecule has 0 saturated carbocycles. The predicted molar refractivity (Wildman–Crippen MR) is 71.3 cm³/mol. The number of nitrogens with one attached hydrogen (secondary N) is 1. The highest BCUT2D eigenvalue weighted by molar-refractivity contribution is 5.38. The summed E-state index contributed by atoms with van der Waals surface area (Å²) in [6.07, 6.45) is 0.0285. The number of aromatic nitrogens is 2. The number of hydrogen-bond acceptors (Lipinski definition) is 6. The van der Waals surface area contributed by atoms with Gasteiger partial charge in [0.2, 0.25) is 5.88 Å². The van der Waals surface area contributed by atoms with E-state index >= 15 is 0 Å². The lowest BCUT2D eigenvalue weighted by Gasteiger charge is -2.17. The summed E-state index contributed by atoms with van der Waals surface area (Å²) >= 11 is 0. The first kappa shape index (κ1) is 14.0. The molecule has 0 amide bonds. The third kappa shape index (κ3) is 4.04. The summed E-state index contributed by atoms with van der Waals surface area (Å²) in [5, 5.41) is 3.23. The number of hydrogen-bond donors (Lipinski definition) is 1. The highest BCUT2D eigenvalue weighted by Crippen LogP contribution is 2.22. The largest absolute Gasteiger partial charge is 0.478 e. The van der Waals surface area contributed by atoms with Gasteiger partial charge in [-0.2, -0.15) is 4.98 Å². The molecule has 1 atom stereocenters. The van der Waals surface area contributed by atoms with Crippen molar-refractivity contribution in [2.75, 3.05) is 25.1 Å². The second-order valence-corrected chi connectivity index (χ2v) is 4.90. The van der Waals surface area contributed by atoms with Crippen LogP contribution in [0.5, 0.6) is 5.88 Å². The van der Waals surface area contributed by atoms with E-state index < -0.39 is 5.79 Å². The van der Waals surface area contributed by atoms with E-state index in [4.69, 9.17) is 14.2 Å². The van der Waals surface area contributed by atoms with Gasteiger partial charge in [0.25, 0.3) is 0 Å². The SMILES string of the molecule is CCOc1cc(NCC2COC(C)(C)O2)nc(C)n1. The van der Waals surface area contributed by atoms with Gasteiger partial charge < -0.3 is 19.5 Å². The van der Waals surface area contributed by atoms with E-state index in [2.05, 4.69) is 15.3 Å². The average molecular weight is 267 g/mol. The van der Waals surface area contributed by atoms with Gasteiger partial charge in [0.05, 0.1) is 13.2 Å². The zero-order chi connectivity index (χ0) is 13.9. The van der Waals surface area contributed by atoms with Gasteiger partial charge in [0.15, 0.2) is 5.79 Å². The Balaban J connectivity index is 1.92. The van der Waals surface area contributed by atoms with Crippen molar-refractivity contribution in [2.24, 2.45) is 0 Å². The van der Waals surface area contributed by atoms with Crippen LogP contribution in [0.4, 0.5) is 5.82 Å². The highest BCUT2D eigenvalue weighted by Gasteiger charge is 2.32. The predicted octanol–water partition coefficient (Wildman–Crippen LogP) is 1.75. The minimum absolute atomic E-state index is 0.0285. The van der Waals surface area contributed by atoms with Crippen molar-refractivity contribution < 1.29 is 14.2 Å². The Morgan fingerprint density at radius 2 is 2.26 bits per heavy atom. The molecule has 1 saturated heterocycles. The maximum Gasteiger partial charge on any atom is 0.218 e. The van der Waals surface area contributed by atoms with Gasteiger partial charge in [-0.1, -0.05) is 0 Å². The Hall–Kier alpha value is -1.40. The molecular formula is C13H21N3O3. The van der Waals surface area contributed by atoms with Crippen LogP contribution in [0.25, 0.3) is 0 Å². The smallest absolute Gasteiger partial charge is 0.218 e. The van der Waals surface area contributed by atoms with Crippen molar-refractivity contribution in [3.63, 3.8) is 0 Å². The third-order valence-electron chi connectivity index (χ3n) is 2.68. The van der Waals surface area contributed by atoms with Crippen molar-refractivity contribution in [3.8, 4) is 5.88 Å². The first-order chi connectivity index (χ1) is 8.98. The molecule has 6 heteroatoms. The molecule has 1 unspecified atom stereocenters. The molecule has 106 valence electrons. The molecule has 0 bridgehead atoms. The van der Waals surface area contributed by atoms with Gasteiger partial charge in [-0.05, 0) is 27.7 Å². The molecule has 6 nitrogen and oxygen atoms in total. The quantitative estimate of drug-likeness (QED) is 0.876. The molecule has 0 spiro atoms. The number of nitrogens with zero attached hydrogens (tertiary/aromatic N) is 2. The number of aryl methyl sites for hydroxylation is 1. The fraction of sp³-hybridized carbons (Fsp3) is 0.692. The van der Waals surface area contributed by atoms with Crippen molar-refractivity contribution in [1.82, 2.24) is 9.97 Å². The molecule has 1 N–H and O–H groups in total. The van der Waals surface area contributed by atoms with Gasteiger partial charge >= 0.3 is 0 Å². The van der Waals surface area contributed by atoms with Crippen LogP contribution in [0.2, 0.25) is 0 Å². The van der Waals surface area contributed by atoms with Crippen LogP contribution in [0.15, 0.2) is 6.07 Å². The molecule has 1 fully saturated rings. The maximum absolute atomic E-state index is 5.72. The molecule has 1 aromatic rings. The molecular weight excluding hydrogens is 246 g/mol. The first-order valence-corrected chi connectivity index (χ1v) is 6.52. The molecule has 0 aromatic carbocycles. The third-order valence-corrected chi connectivity index (χ3v) is 2.68. The van der Waals surface area contributed by atoms with Crippen molar-refractivity contribution in [2.45, 2.75) is 39.6 Å². The van der Waals surface area contributed by atoms with E-state index in [-0.39, 0.29) is 6.10 Å². The zero-order valence-electron chi connectivity index (χ0n) is 11.9. The average Bonchev–Trinajstić information content (AvgIpc) is 2.66.